The van der Waals surface area contributed by atoms with Crippen molar-refractivity contribution in [2.24, 2.45) is 5.73 Å². The molecule has 0 aromatic heterocycles. The van der Waals surface area contributed by atoms with Gasteiger partial charge in [0, 0.05) is 18.1 Å². The first-order valence-electron chi connectivity index (χ1n) is 5.74. The maximum absolute atomic E-state index is 13.6. The highest BCUT2D eigenvalue weighted by Crippen LogP contribution is 2.29. The van der Waals surface area contributed by atoms with Crippen molar-refractivity contribution < 1.29 is 9.18 Å². The van der Waals surface area contributed by atoms with E-state index in [1.54, 1.807) is 17.0 Å². The molecule has 1 fully saturated rings. The number of likely N-dealkylation sites (tertiary alicyclic amines) is 1. The summed E-state index contributed by atoms with van der Waals surface area (Å²) in [6.45, 7) is 4.40. The lowest BCUT2D eigenvalue weighted by Crippen LogP contribution is -2.43. The standard InChI is InChI=1S/C13H17FN2O/c1-13(2)7-9(15)8-16(13)12(17)10-5-3-4-6-11(10)14/h3-6,9H,7-8,15H2,1-2H3. The largest absolute Gasteiger partial charge is 0.332 e. The summed E-state index contributed by atoms with van der Waals surface area (Å²) in [5.41, 5.74) is 5.68. The van der Waals surface area contributed by atoms with Gasteiger partial charge in [-0.25, -0.2) is 4.39 Å². The van der Waals surface area contributed by atoms with Gasteiger partial charge in [-0.15, -0.1) is 0 Å². The second-order valence-electron chi connectivity index (χ2n) is 5.17. The van der Waals surface area contributed by atoms with Gasteiger partial charge < -0.3 is 10.6 Å². The summed E-state index contributed by atoms with van der Waals surface area (Å²) in [7, 11) is 0. The molecular weight excluding hydrogens is 219 g/mol. The van der Waals surface area contributed by atoms with Crippen LogP contribution in [0, 0.1) is 5.82 Å². The molecule has 1 unspecified atom stereocenters. The third-order valence-corrected chi connectivity index (χ3v) is 3.26. The number of carbonyl (C=O) groups excluding carboxylic acids is 1. The van der Waals surface area contributed by atoms with E-state index in [1.807, 2.05) is 13.8 Å². The number of benzene rings is 1. The van der Waals surface area contributed by atoms with Crippen LogP contribution in [0.1, 0.15) is 30.6 Å². The van der Waals surface area contributed by atoms with E-state index in [1.165, 1.54) is 12.1 Å². The SMILES string of the molecule is CC1(C)CC(N)CN1C(=O)c1ccccc1F. The number of halogens is 1. The Morgan fingerprint density at radius 3 is 2.65 bits per heavy atom. The topological polar surface area (TPSA) is 46.3 Å². The van der Waals surface area contributed by atoms with Crippen LogP contribution < -0.4 is 5.73 Å². The summed E-state index contributed by atoms with van der Waals surface area (Å²) in [6, 6.07) is 6.03. The van der Waals surface area contributed by atoms with Gasteiger partial charge in [0.2, 0.25) is 0 Å². The lowest BCUT2D eigenvalue weighted by Gasteiger charge is -2.31. The molecule has 0 saturated carbocycles. The molecule has 0 aliphatic carbocycles. The molecule has 0 bridgehead atoms. The van der Waals surface area contributed by atoms with E-state index < -0.39 is 5.82 Å². The molecule has 1 saturated heterocycles. The molecule has 1 aromatic rings. The molecule has 1 atom stereocenters. The van der Waals surface area contributed by atoms with Crippen molar-refractivity contribution in [1.29, 1.82) is 0 Å². The van der Waals surface area contributed by atoms with Gasteiger partial charge in [0.25, 0.3) is 5.91 Å². The molecule has 92 valence electrons. The van der Waals surface area contributed by atoms with Crippen LogP contribution in [0.5, 0.6) is 0 Å². The summed E-state index contributed by atoms with van der Waals surface area (Å²) in [5.74, 6) is -0.755. The maximum atomic E-state index is 13.6. The average Bonchev–Trinajstić information content (AvgIpc) is 2.51. The Kier molecular flexibility index (Phi) is 2.91. The molecule has 1 aliphatic rings. The van der Waals surface area contributed by atoms with Gasteiger partial charge in [0.1, 0.15) is 5.82 Å². The van der Waals surface area contributed by atoms with Crippen molar-refractivity contribution in [3.05, 3.63) is 35.6 Å². The average molecular weight is 236 g/mol. The zero-order valence-corrected chi connectivity index (χ0v) is 10.1. The van der Waals surface area contributed by atoms with Crippen LogP contribution in [0.25, 0.3) is 0 Å². The van der Waals surface area contributed by atoms with E-state index in [2.05, 4.69) is 0 Å². The minimum absolute atomic E-state index is 0.0271. The van der Waals surface area contributed by atoms with Crippen LogP contribution in [0.2, 0.25) is 0 Å². The second-order valence-corrected chi connectivity index (χ2v) is 5.17. The number of amides is 1. The third kappa shape index (κ3) is 2.17. The Balaban J connectivity index is 2.30. The van der Waals surface area contributed by atoms with Gasteiger partial charge in [0.05, 0.1) is 5.56 Å². The molecule has 4 heteroatoms. The third-order valence-electron chi connectivity index (χ3n) is 3.26. The number of hydrogen-bond donors (Lipinski definition) is 1. The van der Waals surface area contributed by atoms with E-state index in [9.17, 15) is 9.18 Å². The molecule has 3 nitrogen and oxygen atoms in total. The maximum Gasteiger partial charge on any atom is 0.257 e. The van der Waals surface area contributed by atoms with Gasteiger partial charge >= 0.3 is 0 Å². The lowest BCUT2D eigenvalue weighted by molar-refractivity contribution is 0.0646. The van der Waals surface area contributed by atoms with E-state index >= 15 is 0 Å². The monoisotopic (exact) mass is 236 g/mol. The van der Waals surface area contributed by atoms with Crippen molar-refractivity contribution in [3.8, 4) is 0 Å². The summed E-state index contributed by atoms with van der Waals surface area (Å²) in [6.07, 6.45) is 0.743. The number of hydrogen-bond acceptors (Lipinski definition) is 2. The van der Waals surface area contributed by atoms with Crippen molar-refractivity contribution in [3.63, 3.8) is 0 Å². The first-order valence-corrected chi connectivity index (χ1v) is 5.74. The van der Waals surface area contributed by atoms with Gasteiger partial charge in [-0.2, -0.15) is 0 Å². The first kappa shape index (κ1) is 12.0. The normalized spacial score (nSPS) is 22.8. The number of rotatable bonds is 1. The highest BCUT2D eigenvalue weighted by atomic mass is 19.1. The number of carbonyl (C=O) groups is 1. The highest BCUT2D eigenvalue weighted by molar-refractivity contribution is 5.95. The predicted octanol–water partition coefficient (Wildman–Crippen LogP) is 1.78. The minimum atomic E-state index is -0.478. The quantitative estimate of drug-likeness (QED) is 0.808. The smallest absolute Gasteiger partial charge is 0.257 e. The Bertz CT molecular complexity index is 445. The van der Waals surface area contributed by atoms with Gasteiger partial charge in [-0.1, -0.05) is 12.1 Å². The van der Waals surface area contributed by atoms with E-state index in [0.29, 0.717) is 6.54 Å². The van der Waals surface area contributed by atoms with E-state index in [-0.39, 0.29) is 23.1 Å². The molecule has 2 N–H and O–H groups in total. The Labute approximate surface area is 100 Å². The molecule has 17 heavy (non-hydrogen) atoms. The summed E-state index contributed by atoms with van der Waals surface area (Å²) in [4.78, 5) is 13.9. The minimum Gasteiger partial charge on any atom is -0.332 e. The lowest BCUT2D eigenvalue weighted by atomic mass is 10.00. The molecular formula is C13H17FN2O. The molecule has 1 aromatic carbocycles. The Morgan fingerprint density at radius 2 is 2.12 bits per heavy atom. The van der Waals surface area contributed by atoms with Crippen LogP contribution in [0.15, 0.2) is 24.3 Å². The van der Waals surface area contributed by atoms with Crippen LogP contribution in [0.3, 0.4) is 0 Å². The summed E-state index contributed by atoms with van der Waals surface area (Å²) in [5, 5.41) is 0. The number of nitrogens with zero attached hydrogens (tertiary/aromatic N) is 1. The molecule has 0 spiro atoms. The first-order chi connectivity index (χ1) is 7.92. The number of nitrogens with two attached hydrogens (primary N) is 1. The van der Waals surface area contributed by atoms with Crippen LogP contribution in [-0.2, 0) is 0 Å². The summed E-state index contributed by atoms with van der Waals surface area (Å²) < 4.78 is 13.6. The molecule has 1 amide bonds. The predicted molar refractivity (Wildman–Crippen MR) is 64.1 cm³/mol. The van der Waals surface area contributed by atoms with Crippen molar-refractivity contribution in [1.82, 2.24) is 4.90 Å². The zero-order valence-electron chi connectivity index (χ0n) is 10.1. The fourth-order valence-corrected chi connectivity index (χ4v) is 2.44. The summed E-state index contributed by atoms with van der Waals surface area (Å²) >= 11 is 0. The van der Waals surface area contributed by atoms with Crippen molar-refractivity contribution >= 4 is 5.91 Å². The molecule has 2 rings (SSSR count). The van der Waals surface area contributed by atoms with E-state index in [0.717, 1.165) is 6.42 Å². The molecule has 0 radical (unpaired) electrons. The fraction of sp³-hybridized carbons (Fsp3) is 0.462. The van der Waals surface area contributed by atoms with Crippen LogP contribution >= 0.6 is 0 Å². The van der Waals surface area contributed by atoms with Gasteiger partial charge in [-0.05, 0) is 32.4 Å². The fourth-order valence-electron chi connectivity index (χ4n) is 2.44. The Morgan fingerprint density at radius 1 is 1.47 bits per heavy atom. The molecule has 1 aliphatic heterocycles. The molecule has 1 heterocycles. The highest BCUT2D eigenvalue weighted by Gasteiger charge is 2.40. The van der Waals surface area contributed by atoms with Gasteiger partial charge in [0.15, 0.2) is 0 Å². The van der Waals surface area contributed by atoms with Gasteiger partial charge in [-0.3, -0.25) is 4.79 Å². The van der Waals surface area contributed by atoms with Crippen LogP contribution in [-0.4, -0.2) is 28.9 Å². The zero-order chi connectivity index (χ0) is 12.6. The second kappa shape index (κ2) is 4.11. The van der Waals surface area contributed by atoms with Crippen LogP contribution in [0.4, 0.5) is 4.39 Å². The Hall–Kier alpha value is -1.42. The van der Waals surface area contributed by atoms with Crippen molar-refractivity contribution in [2.45, 2.75) is 31.8 Å². The van der Waals surface area contributed by atoms with E-state index in [4.69, 9.17) is 5.73 Å². The van der Waals surface area contributed by atoms with Crippen molar-refractivity contribution in [2.75, 3.05) is 6.54 Å².